The molecular formula is C16H21N3O2S. The maximum atomic E-state index is 12.4. The lowest BCUT2D eigenvalue weighted by Gasteiger charge is -2.11. The molecule has 0 saturated carbocycles. The topological polar surface area (TPSA) is 64.1 Å². The lowest BCUT2D eigenvalue weighted by molar-refractivity contribution is 0.102. The van der Waals surface area contributed by atoms with E-state index in [0.29, 0.717) is 29.0 Å². The zero-order chi connectivity index (χ0) is 15.9. The smallest absolute Gasteiger partial charge is 0.261 e. The van der Waals surface area contributed by atoms with Crippen molar-refractivity contribution in [1.29, 1.82) is 0 Å². The van der Waals surface area contributed by atoms with Gasteiger partial charge in [0.2, 0.25) is 5.13 Å². The van der Waals surface area contributed by atoms with E-state index in [1.165, 1.54) is 11.3 Å². The Balaban J connectivity index is 2.05. The number of carbonyl (C=O) groups is 1. The number of ether oxygens (including phenoxy) is 1. The van der Waals surface area contributed by atoms with Gasteiger partial charge in [-0.15, -0.1) is 10.2 Å². The first-order valence-electron chi connectivity index (χ1n) is 7.45. The van der Waals surface area contributed by atoms with E-state index in [1.807, 2.05) is 25.1 Å². The van der Waals surface area contributed by atoms with Crippen molar-refractivity contribution in [3.05, 3.63) is 34.8 Å². The van der Waals surface area contributed by atoms with Gasteiger partial charge < -0.3 is 4.74 Å². The Labute approximate surface area is 134 Å². The Morgan fingerprint density at radius 1 is 1.32 bits per heavy atom. The molecule has 1 N–H and O–H groups in total. The summed E-state index contributed by atoms with van der Waals surface area (Å²) in [6.45, 7) is 6.89. The van der Waals surface area contributed by atoms with Crippen LogP contribution >= 0.6 is 11.3 Å². The molecule has 0 aliphatic heterocycles. The summed E-state index contributed by atoms with van der Waals surface area (Å²) in [4.78, 5) is 12.4. The Kier molecular flexibility index (Phi) is 5.89. The highest BCUT2D eigenvalue weighted by molar-refractivity contribution is 7.15. The number of benzene rings is 1. The second-order valence-electron chi connectivity index (χ2n) is 5.34. The number of para-hydroxylation sites is 1. The summed E-state index contributed by atoms with van der Waals surface area (Å²) in [5, 5.41) is 12.1. The van der Waals surface area contributed by atoms with E-state index in [9.17, 15) is 4.79 Å². The third-order valence-electron chi connectivity index (χ3n) is 3.07. The molecule has 0 aliphatic carbocycles. The van der Waals surface area contributed by atoms with Crippen molar-refractivity contribution < 1.29 is 9.53 Å². The van der Waals surface area contributed by atoms with Crippen LogP contribution in [0, 0.1) is 5.92 Å². The maximum absolute atomic E-state index is 12.4. The van der Waals surface area contributed by atoms with Gasteiger partial charge in [0.05, 0.1) is 12.2 Å². The van der Waals surface area contributed by atoms with Crippen molar-refractivity contribution in [2.24, 2.45) is 5.92 Å². The summed E-state index contributed by atoms with van der Waals surface area (Å²) >= 11 is 1.39. The second-order valence-corrected chi connectivity index (χ2v) is 6.40. The summed E-state index contributed by atoms with van der Waals surface area (Å²) in [7, 11) is 0. The van der Waals surface area contributed by atoms with E-state index in [2.05, 4.69) is 29.4 Å². The van der Waals surface area contributed by atoms with Crippen LogP contribution < -0.4 is 10.1 Å². The molecule has 0 aliphatic rings. The summed E-state index contributed by atoms with van der Waals surface area (Å²) in [5.41, 5.74) is 0.513. The molecule has 0 saturated heterocycles. The molecule has 118 valence electrons. The molecule has 0 atom stereocenters. The molecule has 0 unspecified atom stereocenters. The Morgan fingerprint density at radius 2 is 2.09 bits per heavy atom. The lowest BCUT2D eigenvalue weighted by Crippen LogP contribution is -2.14. The molecule has 6 heteroatoms. The first-order valence-corrected chi connectivity index (χ1v) is 8.27. The Hall–Kier alpha value is -1.95. The number of amides is 1. The van der Waals surface area contributed by atoms with Crippen molar-refractivity contribution in [3.63, 3.8) is 0 Å². The molecule has 2 rings (SSSR count). The monoisotopic (exact) mass is 319 g/mol. The van der Waals surface area contributed by atoms with E-state index in [4.69, 9.17) is 4.74 Å². The van der Waals surface area contributed by atoms with Gasteiger partial charge in [0, 0.05) is 0 Å². The summed E-state index contributed by atoms with van der Waals surface area (Å²) in [6.07, 6.45) is 1.76. The minimum absolute atomic E-state index is 0.223. The van der Waals surface area contributed by atoms with Gasteiger partial charge in [-0.3, -0.25) is 10.1 Å². The van der Waals surface area contributed by atoms with Gasteiger partial charge in [0.15, 0.2) is 0 Å². The minimum Gasteiger partial charge on any atom is -0.493 e. The Bertz CT molecular complexity index is 625. The third-order valence-corrected chi connectivity index (χ3v) is 4.06. The third kappa shape index (κ3) is 4.53. The van der Waals surface area contributed by atoms with Crippen molar-refractivity contribution in [2.75, 3.05) is 11.9 Å². The highest BCUT2D eigenvalue weighted by Gasteiger charge is 2.14. The molecule has 5 nitrogen and oxygen atoms in total. The number of nitrogens with one attached hydrogen (secondary N) is 1. The molecule has 0 fully saturated rings. The molecule has 0 bridgehead atoms. The number of aromatic nitrogens is 2. The van der Waals surface area contributed by atoms with E-state index < -0.39 is 0 Å². The van der Waals surface area contributed by atoms with Gasteiger partial charge in [-0.05, 0) is 30.9 Å². The molecule has 22 heavy (non-hydrogen) atoms. The molecule has 2 aromatic rings. The van der Waals surface area contributed by atoms with Gasteiger partial charge in [0.25, 0.3) is 5.91 Å². The number of hydrogen-bond acceptors (Lipinski definition) is 5. The Morgan fingerprint density at radius 3 is 2.77 bits per heavy atom. The zero-order valence-electron chi connectivity index (χ0n) is 13.1. The number of aryl methyl sites for hydroxylation is 1. The second kappa shape index (κ2) is 7.89. The highest BCUT2D eigenvalue weighted by atomic mass is 32.1. The van der Waals surface area contributed by atoms with E-state index in [-0.39, 0.29) is 5.91 Å². The predicted molar refractivity (Wildman–Crippen MR) is 88.6 cm³/mol. The largest absolute Gasteiger partial charge is 0.493 e. The number of rotatable bonds is 7. The van der Waals surface area contributed by atoms with Crippen LogP contribution in [0.4, 0.5) is 5.13 Å². The van der Waals surface area contributed by atoms with Gasteiger partial charge in [-0.25, -0.2) is 0 Å². The van der Waals surface area contributed by atoms with Crippen molar-refractivity contribution in [1.82, 2.24) is 10.2 Å². The van der Waals surface area contributed by atoms with Crippen LogP contribution in [0.2, 0.25) is 0 Å². The van der Waals surface area contributed by atoms with Gasteiger partial charge >= 0.3 is 0 Å². The van der Waals surface area contributed by atoms with Crippen LogP contribution in [-0.2, 0) is 6.42 Å². The average molecular weight is 319 g/mol. The quantitative estimate of drug-likeness (QED) is 0.843. The van der Waals surface area contributed by atoms with Crippen LogP contribution in [-0.4, -0.2) is 22.7 Å². The van der Waals surface area contributed by atoms with Crippen molar-refractivity contribution in [3.8, 4) is 5.75 Å². The molecule has 0 radical (unpaired) electrons. The number of hydrogen-bond donors (Lipinski definition) is 1. The minimum atomic E-state index is -0.223. The van der Waals surface area contributed by atoms with Crippen LogP contribution in [0.25, 0.3) is 0 Å². The number of nitrogens with zero attached hydrogens (tertiary/aromatic N) is 2. The van der Waals surface area contributed by atoms with E-state index in [1.54, 1.807) is 6.07 Å². The first kappa shape index (κ1) is 16.4. The average Bonchev–Trinajstić information content (AvgIpc) is 2.95. The van der Waals surface area contributed by atoms with Gasteiger partial charge in [0.1, 0.15) is 10.8 Å². The maximum Gasteiger partial charge on any atom is 0.261 e. The van der Waals surface area contributed by atoms with Crippen LogP contribution in [0.15, 0.2) is 24.3 Å². The molecular weight excluding hydrogens is 298 g/mol. The normalized spacial score (nSPS) is 10.7. The fraction of sp³-hybridized carbons (Fsp3) is 0.438. The number of carbonyl (C=O) groups excluding carboxylic acids is 1. The molecule has 1 amide bonds. The summed E-state index contributed by atoms with van der Waals surface area (Å²) < 4.78 is 5.74. The van der Waals surface area contributed by atoms with Crippen LogP contribution in [0.5, 0.6) is 5.75 Å². The van der Waals surface area contributed by atoms with E-state index in [0.717, 1.165) is 17.8 Å². The highest BCUT2D eigenvalue weighted by Crippen LogP contribution is 2.22. The lowest BCUT2D eigenvalue weighted by atomic mass is 10.1. The molecule has 1 aromatic heterocycles. The number of anilines is 1. The molecule has 0 spiro atoms. The van der Waals surface area contributed by atoms with Crippen molar-refractivity contribution >= 4 is 22.4 Å². The summed E-state index contributed by atoms with van der Waals surface area (Å²) in [6, 6.07) is 7.25. The molecule has 1 aromatic carbocycles. The standard InChI is InChI=1S/C16H21N3O2S/c1-4-14-18-19-16(22-14)17-15(20)12-7-5-6-8-13(12)21-10-9-11(2)3/h5-8,11H,4,9-10H2,1-3H3,(H,17,19,20). The fourth-order valence-corrected chi connectivity index (χ4v) is 2.47. The molecule has 1 heterocycles. The van der Waals surface area contributed by atoms with E-state index >= 15 is 0 Å². The summed E-state index contributed by atoms with van der Waals surface area (Å²) in [5.74, 6) is 0.940. The zero-order valence-corrected chi connectivity index (χ0v) is 13.9. The first-order chi connectivity index (χ1) is 10.6. The fourth-order valence-electron chi connectivity index (χ4n) is 1.80. The van der Waals surface area contributed by atoms with Gasteiger partial charge in [-0.2, -0.15) is 0 Å². The SMILES string of the molecule is CCc1nnc(NC(=O)c2ccccc2OCCC(C)C)s1. The predicted octanol–water partition coefficient (Wildman–Crippen LogP) is 3.78. The van der Waals surface area contributed by atoms with Gasteiger partial charge in [-0.1, -0.05) is 44.2 Å². The van der Waals surface area contributed by atoms with Crippen LogP contribution in [0.1, 0.15) is 42.6 Å². The van der Waals surface area contributed by atoms with Crippen LogP contribution in [0.3, 0.4) is 0 Å². The van der Waals surface area contributed by atoms with Crippen molar-refractivity contribution in [2.45, 2.75) is 33.6 Å².